The van der Waals surface area contributed by atoms with E-state index in [1.165, 1.54) is 11.2 Å². The molecule has 1 aliphatic heterocycles. The molecule has 3 rings (SSSR count). The maximum absolute atomic E-state index is 13.0. The van der Waals surface area contributed by atoms with E-state index < -0.39 is 17.7 Å². The predicted octanol–water partition coefficient (Wildman–Crippen LogP) is 5.65. The number of furan rings is 1. The van der Waals surface area contributed by atoms with Crippen LogP contribution in [-0.4, -0.2) is 52.8 Å². The number of halogens is 1. The van der Waals surface area contributed by atoms with Crippen LogP contribution in [0.25, 0.3) is 5.76 Å². The quantitative estimate of drug-likeness (QED) is 0.245. The van der Waals surface area contributed by atoms with Crippen molar-refractivity contribution in [2.75, 3.05) is 26.2 Å². The number of carbonyl (C=O) groups is 2. The van der Waals surface area contributed by atoms with Crippen molar-refractivity contribution in [3.63, 3.8) is 0 Å². The van der Waals surface area contributed by atoms with Crippen LogP contribution in [0.1, 0.15) is 63.3 Å². The Balaban J connectivity index is 1.83. The molecular weight excluding hydrogens is 440 g/mol. The normalized spacial score (nSPS) is 17.9. The summed E-state index contributed by atoms with van der Waals surface area (Å²) in [6.07, 6.45) is 6.80. The van der Waals surface area contributed by atoms with Gasteiger partial charge in [0.05, 0.1) is 11.8 Å². The summed E-state index contributed by atoms with van der Waals surface area (Å²) in [5, 5.41) is 11.5. The summed E-state index contributed by atoms with van der Waals surface area (Å²) in [6, 6.07) is 9.22. The number of hydrogen-bond donors (Lipinski definition) is 1. The lowest BCUT2D eigenvalue weighted by atomic mass is 9.99. The maximum Gasteiger partial charge on any atom is 0.295 e. The second-order valence-corrected chi connectivity index (χ2v) is 8.85. The molecule has 1 saturated heterocycles. The van der Waals surface area contributed by atoms with Crippen molar-refractivity contribution in [2.24, 2.45) is 0 Å². The summed E-state index contributed by atoms with van der Waals surface area (Å²) in [6.45, 7) is 7.69. The Morgan fingerprint density at radius 2 is 1.67 bits per heavy atom. The number of unbranched alkanes of at least 4 members (excludes halogenated alkanes) is 2. The third-order valence-corrected chi connectivity index (χ3v) is 6.25. The van der Waals surface area contributed by atoms with E-state index in [0.717, 1.165) is 51.7 Å². The minimum absolute atomic E-state index is 0.0473. The number of Topliss-reactive ketones (excluding diaryl/α,β-unsaturated/α-hetero) is 1. The summed E-state index contributed by atoms with van der Waals surface area (Å²) in [4.78, 5) is 29.9. The molecule has 1 unspecified atom stereocenters. The highest BCUT2D eigenvalue weighted by Gasteiger charge is 2.47. The van der Waals surface area contributed by atoms with Crippen LogP contribution in [-0.2, 0) is 9.59 Å². The molecule has 0 saturated carbocycles. The summed E-state index contributed by atoms with van der Waals surface area (Å²) in [5.74, 6) is -1.07. The van der Waals surface area contributed by atoms with E-state index in [4.69, 9.17) is 16.0 Å². The molecule has 2 aromatic rings. The highest BCUT2D eigenvalue weighted by Crippen LogP contribution is 2.39. The Morgan fingerprint density at radius 1 is 1.03 bits per heavy atom. The fourth-order valence-corrected chi connectivity index (χ4v) is 4.31. The van der Waals surface area contributed by atoms with Gasteiger partial charge in [0.25, 0.3) is 11.7 Å². The van der Waals surface area contributed by atoms with Crippen LogP contribution < -0.4 is 0 Å². The van der Waals surface area contributed by atoms with Crippen LogP contribution in [0.2, 0.25) is 5.02 Å². The van der Waals surface area contributed by atoms with E-state index >= 15 is 0 Å². The molecule has 1 aliphatic rings. The van der Waals surface area contributed by atoms with E-state index in [-0.39, 0.29) is 11.3 Å². The first kappa shape index (κ1) is 25.1. The predicted molar refractivity (Wildman–Crippen MR) is 130 cm³/mol. The number of aliphatic hydroxyl groups is 1. The van der Waals surface area contributed by atoms with E-state index in [2.05, 4.69) is 18.7 Å². The van der Waals surface area contributed by atoms with Crippen LogP contribution in [0.15, 0.2) is 52.7 Å². The second-order valence-electron chi connectivity index (χ2n) is 8.42. The van der Waals surface area contributed by atoms with Crippen molar-refractivity contribution in [3.8, 4) is 0 Å². The Bertz CT molecular complexity index is 945. The number of ketones is 1. The van der Waals surface area contributed by atoms with E-state index in [0.29, 0.717) is 22.9 Å². The van der Waals surface area contributed by atoms with Crippen LogP contribution in [0, 0.1) is 0 Å². The topological polar surface area (TPSA) is 74.0 Å². The highest BCUT2D eigenvalue weighted by atomic mass is 35.5. The smallest absolute Gasteiger partial charge is 0.295 e. The van der Waals surface area contributed by atoms with Gasteiger partial charge in [-0.2, -0.15) is 0 Å². The molecule has 7 heteroatoms. The average Bonchev–Trinajstić information content (AvgIpc) is 3.43. The molecular formula is C26H33ClN2O4. The number of aliphatic hydroxyl groups excluding tert-OH is 1. The monoisotopic (exact) mass is 472 g/mol. The molecule has 33 heavy (non-hydrogen) atoms. The molecule has 178 valence electrons. The molecule has 1 aromatic carbocycles. The zero-order valence-electron chi connectivity index (χ0n) is 19.4. The van der Waals surface area contributed by atoms with Gasteiger partial charge in [-0.25, -0.2) is 0 Å². The maximum atomic E-state index is 13.0. The van der Waals surface area contributed by atoms with Gasteiger partial charge in [0.1, 0.15) is 17.6 Å². The zero-order valence-corrected chi connectivity index (χ0v) is 20.2. The number of rotatable bonds is 12. The Labute approximate surface area is 200 Å². The Hall–Kier alpha value is -2.57. The van der Waals surface area contributed by atoms with Gasteiger partial charge in [0.15, 0.2) is 0 Å². The molecule has 0 radical (unpaired) electrons. The first-order valence-electron chi connectivity index (χ1n) is 11.8. The lowest BCUT2D eigenvalue weighted by Crippen LogP contribution is -2.34. The van der Waals surface area contributed by atoms with E-state index in [1.807, 2.05) is 0 Å². The van der Waals surface area contributed by atoms with Crippen molar-refractivity contribution in [3.05, 3.63) is 64.6 Å². The van der Waals surface area contributed by atoms with Crippen molar-refractivity contribution in [1.82, 2.24) is 9.80 Å². The highest BCUT2D eigenvalue weighted by molar-refractivity contribution is 6.46. The van der Waals surface area contributed by atoms with Gasteiger partial charge in [-0.05, 0) is 75.3 Å². The summed E-state index contributed by atoms with van der Waals surface area (Å²) >= 11 is 5.96. The number of hydrogen-bond acceptors (Lipinski definition) is 5. The molecule has 2 heterocycles. The SMILES string of the molecule is CCCCN(CCCC)CCCN1C(=O)C(=O)C(=C(O)c2ccc(Cl)cc2)C1c1ccco1. The first-order valence-corrected chi connectivity index (χ1v) is 12.2. The minimum atomic E-state index is -0.754. The minimum Gasteiger partial charge on any atom is -0.507 e. The molecule has 1 aromatic heterocycles. The van der Waals surface area contributed by atoms with Crippen molar-refractivity contribution in [1.29, 1.82) is 0 Å². The molecule has 0 bridgehead atoms. The Kier molecular flexibility index (Phi) is 9.15. The number of likely N-dealkylation sites (tertiary alicyclic amines) is 1. The van der Waals surface area contributed by atoms with E-state index in [1.54, 1.807) is 36.4 Å². The first-order chi connectivity index (χ1) is 16.0. The van der Waals surface area contributed by atoms with Gasteiger partial charge in [0.2, 0.25) is 0 Å². The molecule has 1 fully saturated rings. The lowest BCUT2D eigenvalue weighted by Gasteiger charge is -2.26. The summed E-state index contributed by atoms with van der Waals surface area (Å²) in [7, 11) is 0. The number of benzene rings is 1. The van der Waals surface area contributed by atoms with Gasteiger partial charge >= 0.3 is 0 Å². The number of amides is 1. The van der Waals surface area contributed by atoms with Gasteiger partial charge < -0.3 is 19.3 Å². The number of nitrogens with zero attached hydrogens (tertiary/aromatic N) is 2. The molecule has 0 spiro atoms. The molecule has 1 amide bonds. The fourth-order valence-electron chi connectivity index (χ4n) is 4.18. The fraction of sp³-hybridized carbons (Fsp3) is 0.462. The van der Waals surface area contributed by atoms with E-state index in [9.17, 15) is 14.7 Å². The number of carbonyl (C=O) groups excluding carboxylic acids is 2. The second kappa shape index (κ2) is 12.1. The summed E-state index contributed by atoms with van der Waals surface area (Å²) in [5.41, 5.74) is 0.477. The molecule has 0 aliphatic carbocycles. The van der Waals surface area contributed by atoms with Crippen LogP contribution >= 0.6 is 11.6 Å². The van der Waals surface area contributed by atoms with Gasteiger partial charge in [-0.15, -0.1) is 0 Å². The van der Waals surface area contributed by atoms with Crippen molar-refractivity contribution in [2.45, 2.75) is 52.0 Å². The third-order valence-electron chi connectivity index (χ3n) is 6.00. The van der Waals surface area contributed by atoms with Crippen molar-refractivity contribution >= 4 is 29.1 Å². The van der Waals surface area contributed by atoms with Crippen LogP contribution in [0.5, 0.6) is 0 Å². The molecule has 1 atom stereocenters. The Morgan fingerprint density at radius 3 is 2.24 bits per heavy atom. The third kappa shape index (κ3) is 6.06. The zero-order chi connectivity index (χ0) is 23.8. The molecule has 6 nitrogen and oxygen atoms in total. The molecule has 1 N–H and O–H groups in total. The lowest BCUT2D eigenvalue weighted by molar-refractivity contribution is -0.140. The standard InChI is InChI=1S/C26H33ClN2O4/c1-3-5-14-28(15-6-4-2)16-8-17-29-23(21-9-7-18-33-21)22(25(31)26(29)32)24(30)19-10-12-20(27)13-11-19/h7,9-13,18,23,30H,3-6,8,14-17H2,1-2H3. The van der Waals surface area contributed by atoms with Gasteiger partial charge in [-0.3, -0.25) is 9.59 Å². The summed E-state index contributed by atoms with van der Waals surface area (Å²) < 4.78 is 5.59. The van der Waals surface area contributed by atoms with Crippen LogP contribution in [0.4, 0.5) is 0 Å². The van der Waals surface area contributed by atoms with Gasteiger partial charge in [0, 0.05) is 17.1 Å². The van der Waals surface area contributed by atoms with Crippen LogP contribution in [0.3, 0.4) is 0 Å². The van der Waals surface area contributed by atoms with Crippen molar-refractivity contribution < 1.29 is 19.1 Å². The van der Waals surface area contributed by atoms with Gasteiger partial charge in [-0.1, -0.05) is 38.3 Å². The largest absolute Gasteiger partial charge is 0.507 e. The average molecular weight is 473 g/mol.